The maximum absolute atomic E-state index is 10.3. The van der Waals surface area contributed by atoms with Crippen molar-refractivity contribution >= 4 is 27.5 Å². The van der Waals surface area contributed by atoms with Gasteiger partial charge in [0.15, 0.2) is 0 Å². The first-order valence-corrected chi connectivity index (χ1v) is 4.86. The zero-order valence-corrected chi connectivity index (χ0v) is 6.08. The van der Waals surface area contributed by atoms with Crippen LogP contribution in [0.1, 0.15) is 0 Å². The SMILES string of the molecule is O=C1CSC[SiH2]O1. The lowest BCUT2D eigenvalue weighted by Crippen LogP contribution is -2.18. The first-order chi connectivity index (χ1) is 3.39. The summed E-state index contributed by atoms with van der Waals surface area (Å²) in [7, 11) is -0.426. The van der Waals surface area contributed by atoms with Crippen LogP contribution in [0.5, 0.6) is 0 Å². The molecule has 0 aliphatic carbocycles. The van der Waals surface area contributed by atoms with Gasteiger partial charge in [0.05, 0.1) is 5.75 Å². The highest BCUT2D eigenvalue weighted by molar-refractivity contribution is 8.01. The minimum atomic E-state index is -0.426. The number of hydrogen-bond donors (Lipinski definition) is 0. The monoisotopic (exact) mass is 134 g/mol. The van der Waals surface area contributed by atoms with Crippen LogP contribution in [-0.2, 0) is 9.22 Å². The van der Waals surface area contributed by atoms with Gasteiger partial charge in [-0.15, -0.1) is 0 Å². The lowest BCUT2D eigenvalue weighted by Gasteiger charge is -2.08. The molecule has 1 saturated heterocycles. The molecule has 7 heavy (non-hydrogen) atoms. The first-order valence-electron chi connectivity index (χ1n) is 2.13. The third-order valence-electron chi connectivity index (χ3n) is 0.711. The lowest BCUT2D eigenvalue weighted by molar-refractivity contribution is -0.131. The van der Waals surface area contributed by atoms with Gasteiger partial charge in [-0.1, -0.05) is 0 Å². The van der Waals surface area contributed by atoms with Crippen molar-refractivity contribution in [2.45, 2.75) is 0 Å². The Balaban J connectivity index is 2.25. The van der Waals surface area contributed by atoms with Gasteiger partial charge in [-0.25, -0.2) is 0 Å². The van der Waals surface area contributed by atoms with Crippen molar-refractivity contribution < 1.29 is 9.22 Å². The minimum absolute atomic E-state index is 0.0112. The van der Waals surface area contributed by atoms with Gasteiger partial charge >= 0.3 is 5.97 Å². The van der Waals surface area contributed by atoms with Crippen molar-refractivity contribution in [3.63, 3.8) is 0 Å². The first kappa shape index (κ1) is 5.18. The third-order valence-corrected chi connectivity index (χ3v) is 3.50. The van der Waals surface area contributed by atoms with E-state index in [0.717, 1.165) is 5.38 Å². The molecule has 0 N–H and O–H groups in total. The molecule has 0 aromatic carbocycles. The van der Waals surface area contributed by atoms with Crippen LogP contribution in [0.4, 0.5) is 0 Å². The Labute approximate surface area is 48.6 Å². The molecule has 0 radical (unpaired) electrons. The van der Waals surface area contributed by atoms with E-state index in [4.69, 9.17) is 4.43 Å². The third kappa shape index (κ3) is 1.52. The van der Waals surface area contributed by atoms with E-state index >= 15 is 0 Å². The summed E-state index contributed by atoms with van der Waals surface area (Å²) in [6.07, 6.45) is 0. The van der Waals surface area contributed by atoms with Gasteiger partial charge in [0.25, 0.3) is 0 Å². The van der Waals surface area contributed by atoms with E-state index < -0.39 is 9.76 Å². The fourth-order valence-corrected chi connectivity index (χ4v) is 2.52. The molecule has 0 atom stereocenters. The highest BCUT2D eigenvalue weighted by Crippen LogP contribution is 2.03. The summed E-state index contributed by atoms with van der Waals surface area (Å²) in [6.45, 7) is 0. The molecule has 4 heteroatoms. The summed E-state index contributed by atoms with van der Waals surface area (Å²) in [6, 6.07) is 0. The predicted octanol–water partition coefficient (Wildman–Crippen LogP) is -0.682. The molecular weight excluding hydrogens is 128 g/mol. The topological polar surface area (TPSA) is 26.3 Å². The number of carbonyl (C=O) groups is 1. The van der Waals surface area contributed by atoms with Crippen molar-refractivity contribution in [3.8, 4) is 0 Å². The molecule has 2 nitrogen and oxygen atoms in total. The summed E-state index contributed by atoms with van der Waals surface area (Å²) in [4.78, 5) is 10.3. The van der Waals surface area contributed by atoms with Crippen molar-refractivity contribution in [1.82, 2.24) is 0 Å². The zero-order chi connectivity index (χ0) is 5.11. The molecule has 40 valence electrons. The molecule has 0 aromatic heterocycles. The van der Waals surface area contributed by atoms with Gasteiger partial charge < -0.3 is 4.43 Å². The molecule has 1 heterocycles. The van der Waals surface area contributed by atoms with Gasteiger partial charge in [-0.3, -0.25) is 4.79 Å². The van der Waals surface area contributed by atoms with E-state index in [1.807, 2.05) is 0 Å². The average molecular weight is 134 g/mol. The van der Waals surface area contributed by atoms with Crippen LogP contribution in [0.15, 0.2) is 0 Å². The maximum atomic E-state index is 10.3. The second kappa shape index (κ2) is 2.37. The van der Waals surface area contributed by atoms with E-state index in [2.05, 4.69) is 0 Å². The Morgan fingerprint density at radius 2 is 2.71 bits per heavy atom. The number of hydrogen-bond acceptors (Lipinski definition) is 3. The molecule has 0 bridgehead atoms. The fraction of sp³-hybridized carbons (Fsp3) is 0.667. The molecule has 0 saturated carbocycles. The van der Waals surface area contributed by atoms with Crippen LogP contribution in [0.2, 0.25) is 0 Å². The van der Waals surface area contributed by atoms with Gasteiger partial charge in [-0.2, -0.15) is 11.8 Å². The number of carbonyl (C=O) groups excluding carboxylic acids is 1. The highest BCUT2D eigenvalue weighted by Gasteiger charge is 2.07. The second-order valence-electron chi connectivity index (χ2n) is 1.27. The van der Waals surface area contributed by atoms with E-state index in [-0.39, 0.29) is 5.97 Å². The molecule has 0 spiro atoms. The molecule has 0 unspecified atom stereocenters. The Kier molecular flexibility index (Phi) is 1.75. The fourth-order valence-electron chi connectivity index (χ4n) is 0.412. The number of rotatable bonds is 0. The normalized spacial score (nSPS) is 24.9. The Bertz CT molecular complexity index is 77.0. The van der Waals surface area contributed by atoms with Crippen LogP contribution in [-0.4, -0.2) is 26.9 Å². The van der Waals surface area contributed by atoms with Gasteiger partial charge in [0, 0.05) is 5.38 Å². The lowest BCUT2D eigenvalue weighted by atomic mass is 10.8. The predicted molar refractivity (Wildman–Crippen MR) is 32.0 cm³/mol. The Morgan fingerprint density at radius 1 is 1.86 bits per heavy atom. The van der Waals surface area contributed by atoms with Crippen molar-refractivity contribution in [2.24, 2.45) is 0 Å². The molecule has 1 fully saturated rings. The van der Waals surface area contributed by atoms with Gasteiger partial charge in [0.2, 0.25) is 9.76 Å². The van der Waals surface area contributed by atoms with Crippen molar-refractivity contribution in [2.75, 3.05) is 11.1 Å². The molecule has 1 rings (SSSR count). The largest absolute Gasteiger partial charge is 0.523 e. The van der Waals surface area contributed by atoms with E-state index in [9.17, 15) is 4.79 Å². The average Bonchev–Trinajstić information content (AvgIpc) is 1.69. The minimum Gasteiger partial charge on any atom is -0.523 e. The summed E-state index contributed by atoms with van der Waals surface area (Å²) in [5.74, 6) is 0.565. The quantitative estimate of drug-likeness (QED) is 0.411. The Hall–Kier alpha value is 0.0369. The second-order valence-corrected chi connectivity index (χ2v) is 4.30. The van der Waals surface area contributed by atoms with Gasteiger partial charge in [0.1, 0.15) is 0 Å². The van der Waals surface area contributed by atoms with Crippen molar-refractivity contribution in [1.29, 1.82) is 0 Å². The smallest absolute Gasteiger partial charge is 0.302 e. The van der Waals surface area contributed by atoms with Crippen molar-refractivity contribution in [3.05, 3.63) is 0 Å². The molecule has 1 aliphatic rings. The Morgan fingerprint density at radius 3 is 3.00 bits per heavy atom. The van der Waals surface area contributed by atoms with E-state index in [1.165, 1.54) is 0 Å². The highest BCUT2D eigenvalue weighted by atomic mass is 32.2. The van der Waals surface area contributed by atoms with Crippen LogP contribution >= 0.6 is 11.8 Å². The summed E-state index contributed by atoms with van der Waals surface area (Å²) in [5, 5.41) is 1.10. The van der Waals surface area contributed by atoms with E-state index in [1.54, 1.807) is 11.8 Å². The van der Waals surface area contributed by atoms with E-state index in [0.29, 0.717) is 5.75 Å². The number of thioether (sulfide) groups is 1. The summed E-state index contributed by atoms with van der Waals surface area (Å²) in [5.41, 5.74) is 0. The molecular formula is C3H6O2SSi. The van der Waals surface area contributed by atoms with Crippen LogP contribution in [0.3, 0.4) is 0 Å². The van der Waals surface area contributed by atoms with Crippen LogP contribution in [0.25, 0.3) is 0 Å². The maximum Gasteiger partial charge on any atom is 0.302 e. The van der Waals surface area contributed by atoms with Crippen LogP contribution in [0, 0.1) is 0 Å². The standard InChI is InChI=1S/C3H6O2SSi/c4-3-1-6-2-7-5-3/h1-2,7H2. The van der Waals surface area contributed by atoms with Gasteiger partial charge in [-0.05, 0) is 0 Å². The molecule has 1 aliphatic heterocycles. The summed E-state index contributed by atoms with van der Waals surface area (Å²) >= 11 is 1.69. The summed E-state index contributed by atoms with van der Waals surface area (Å²) < 4.78 is 4.76. The molecule has 0 amide bonds. The molecule has 0 aromatic rings. The van der Waals surface area contributed by atoms with Crippen LogP contribution < -0.4 is 0 Å². The zero-order valence-electron chi connectivity index (χ0n) is 3.85.